The standard InChI is InChI=1S/C22H32N4O4/c1-3-5-11-22(12-6-4-2)20(28)26(21(23)25-22)14-13-24-19(27)18-15-29-16-9-7-8-10-17(16)30-18/h7-10,18H,3-6,11-15H2,1-2H3,(H2,23,25)(H,24,27). The van der Waals surface area contributed by atoms with Gasteiger partial charge in [-0.1, -0.05) is 51.7 Å². The second-order valence-electron chi connectivity index (χ2n) is 7.87. The molecule has 3 rings (SSSR count). The van der Waals surface area contributed by atoms with Gasteiger partial charge >= 0.3 is 0 Å². The number of para-hydroxylation sites is 2. The lowest BCUT2D eigenvalue weighted by molar-refractivity contribution is -0.133. The number of benzene rings is 1. The fourth-order valence-corrected chi connectivity index (χ4v) is 3.90. The van der Waals surface area contributed by atoms with Gasteiger partial charge in [-0.3, -0.25) is 19.9 Å². The average molecular weight is 417 g/mol. The Morgan fingerprint density at radius 3 is 2.57 bits per heavy atom. The number of rotatable bonds is 10. The van der Waals surface area contributed by atoms with E-state index < -0.39 is 11.6 Å². The molecule has 8 heteroatoms. The molecule has 2 aliphatic rings. The van der Waals surface area contributed by atoms with E-state index in [1.165, 1.54) is 4.90 Å². The molecule has 1 saturated heterocycles. The molecule has 2 amide bonds. The Labute approximate surface area is 177 Å². The van der Waals surface area contributed by atoms with Crippen LogP contribution in [0, 0.1) is 5.41 Å². The summed E-state index contributed by atoms with van der Waals surface area (Å²) in [4.78, 5) is 27.0. The second-order valence-corrected chi connectivity index (χ2v) is 7.87. The first-order valence-corrected chi connectivity index (χ1v) is 10.9. The molecule has 1 aromatic rings. The normalized spacial score (nSPS) is 19.5. The van der Waals surface area contributed by atoms with Crippen molar-refractivity contribution in [1.29, 1.82) is 5.41 Å². The minimum Gasteiger partial charge on any atom is -0.485 e. The predicted molar refractivity (Wildman–Crippen MR) is 114 cm³/mol. The molecule has 1 fully saturated rings. The number of fused-ring (bicyclic) bond motifs is 1. The van der Waals surface area contributed by atoms with Crippen molar-refractivity contribution in [3.63, 3.8) is 0 Å². The van der Waals surface area contributed by atoms with E-state index in [1.54, 1.807) is 12.1 Å². The largest absolute Gasteiger partial charge is 0.485 e. The summed E-state index contributed by atoms with van der Waals surface area (Å²) >= 11 is 0. The highest BCUT2D eigenvalue weighted by atomic mass is 16.6. The van der Waals surface area contributed by atoms with Crippen LogP contribution in [0.15, 0.2) is 24.3 Å². The summed E-state index contributed by atoms with van der Waals surface area (Å²) in [7, 11) is 0. The summed E-state index contributed by atoms with van der Waals surface area (Å²) < 4.78 is 11.3. The van der Waals surface area contributed by atoms with Crippen LogP contribution in [0.3, 0.4) is 0 Å². The van der Waals surface area contributed by atoms with Gasteiger partial charge in [0.15, 0.2) is 17.5 Å². The molecule has 3 N–H and O–H groups in total. The summed E-state index contributed by atoms with van der Waals surface area (Å²) in [5.41, 5.74) is -0.683. The van der Waals surface area contributed by atoms with Crippen molar-refractivity contribution in [2.45, 2.75) is 64.0 Å². The molecule has 2 heterocycles. The molecule has 0 saturated carbocycles. The molecule has 30 heavy (non-hydrogen) atoms. The van der Waals surface area contributed by atoms with Crippen molar-refractivity contribution < 1.29 is 19.1 Å². The molecular formula is C22H32N4O4. The smallest absolute Gasteiger partial charge is 0.264 e. The average Bonchev–Trinajstić information content (AvgIpc) is 3.00. The van der Waals surface area contributed by atoms with Gasteiger partial charge in [-0.25, -0.2) is 0 Å². The van der Waals surface area contributed by atoms with Gasteiger partial charge < -0.3 is 20.1 Å². The third kappa shape index (κ3) is 4.68. The molecule has 0 spiro atoms. The summed E-state index contributed by atoms with van der Waals surface area (Å²) in [5.74, 6) is 0.932. The molecule has 8 nitrogen and oxygen atoms in total. The highest BCUT2D eigenvalue weighted by molar-refractivity contribution is 6.07. The number of unbranched alkanes of at least 4 members (excludes halogenated alkanes) is 2. The third-order valence-electron chi connectivity index (χ3n) is 5.63. The van der Waals surface area contributed by atoms with Gasteiger partial charge in [0, 0.05) is 13.1 Å². The molecule has 0 bridgehead atoms. The Hall–Kier alpha value is -2.77. The van der Waals surface area contributed by atoms with E-state index in [-0.39, 0.29) is 37.5 Å². The van der Waals surface area contributed by atoms with Gasteiger partial charge in [0.25, 0.3) is 11.8 Å². The Morgan fingerprint density at radius 1 is 1.23 bits per heavy atom. The van der Waals surface area contributed by atoms with Crippen molar-refractivity contribution in [1.82, 2.24) is 15.5 Å². The summed E-state index contributed by atoms with van der Waals surface area (Å²) in [6, 6.07) is 7.23. The molecule has 0 aromatic heterocycles. The van der Waals surface area contributed by atoms with Gasteiger partial charge in [-0.2, -0.15) is 0 Å². The monoisotopic (exact) mass is 416 g/mol. The molecular weight excluding hydrogens is 384 g/mol. The zero-order chi connectivity index (χ0) is 21.6. The Morgan fingerprint density at radius 2 is 1.90 bits per heavy atom. The number of nitrogens with one attached hydrogen (secondary N) is 3. The van der Waals surface area contributed by atoms with E-state index in [0.717, 1.165) is 38.5 Å². The van der Waals surface area contributed by atoms with Crippen molar-refractivity contribution in [3.8, 4) is 11.5 Å². The van der Waals surface area contributed by atoms with E-state index >= 15 is 0 Å². The number of hydrogen-bond donors (Lipinski definition) is 3. The van der Waals surface area contributed by atoms with Gasteiger partial charge in [-0.15, -0.1) is 0 Å². The number of hydrogen-bond acceptors (Lipinski definition) is 5. The summed E-state index contributed by atoms with van der Waals surface area (Å²) in [5, 5.41) is 14.2. The van der Waals surface area contributed by atoms with E-state index in [2.05, 4.69) is 24.5 Å². The molecule has 0 aliphatic carbocycles. The van der Waals surface area contributed by atoms with Crippen LogP contribution in [-0.2, 0) is 9.59 Å². The van der Waals surface area contributed by atoms with Gasteiger partial charge in [0.05, 0.1) is 0 Å². The van der Waals surface area contributed by atoms with Crippen LogP contribution in [0.1, 0.15) is 52.4 Å². The maximum Gasteiger partial charge on any atom is 0.264 e. The van der Waals surface area contributed by atoms with E-state index in [4.69, 9.17) is 14.9 Å². The molecule has 2 aliphatic heterocycles. The zero-order valence-electron chi connectivity index (χ0n) is 17.8. The van der Waals surface area contributed by atoms with E-state index in [0.29, 0.717) is 11.5 Å². The number of amides is 2. The lowest BCUT2D eigenvalue weighted by Crippen LogP contribution is -2.48. The fraction of sp³-hybridized carbons (Fsp3) is 0.591. The molecule has 164 valence electrons. The first-order valence-electron chi connectivity index (χ1n) is 10.9. The topological polar surface area (TPSA) is 104 Å². The van der Waals surface area contributed by atoms with Crippen LogP contribution in [0.2, 0.25) is 0 Å². The van der Waals surface area contributed by atoms with Crippen LogP contribution >= 0.6 is 0 Å². The molecule has 1 aromatic carbocycles. The zero-order valence-corrected chi connectivity index (χ0v) is 17.8. The molecule has 0 radical (unpaired) electrons. The second kappa shape index (κ2) is 9.82. The maximum absolute atomic E-state index is 13.1. The van der Waals surface area contributed by atoms with Crippen LogP contribution in [0.25, 0.3) is 0 Å². The lowest BCUT2D eigenvalue weighted by atomic mass is 9.87. The number of nitrogens with zero attached hydrogens (tertiary/aromatic N) is 1. The summed E-state index contributed by atoms with van der Waals surface area (Å²) in [6.07, 6.45) is 4.57. The van der Waals surface area contributed by atoms with Crippen LogP contribution in [0.5, 0.6) is 11.5 Å². The van der Waals surface area contributed by atoms with Crippen molar-refractivity contribution in [3.05, 3.63) is 24.3 Å². The van der Waals surface area contributed by atoms with Crippen LogP contribution in [-0.4, -0.2) is 54.0 Å². The Bertz CT molecular complexity index is 774. The lowest BCUT2D eigenvalue weighted by Gasteiger charge is -2.27. The third-order valence-corrected chi connectivity index (χ3v) is 5.63. The highest BCUT2D eigenvalue weighted by Crippen LogP contribution is 2.31. The quantitative estimate of drug-likeness (QED) is 0.543. The van der Waals surface area contributed by atoms with Gasteiger partial charge in [0.2, 0.25) is 6.10 Å². The first-order chi connectivity index (χ1) is 14.5. The van der Waals surface area contributed by atoms with Gasteiger partial charge in [0.1, 0.15) is 12.1 Å². The minimum absolute atomic E-state index is 0.0603. The van der Waals surface area contributed by atoms with Crippen molar-refractivity contribution in [2.24, 2.45) is 0 Å². The SMILES string of the molecule is CCCCC1(CCCC)NC(=N)N(CCNC(=O)C2COc3ccccc3O2)C1=O. The maximum atomic E-state index is 13.1. The number of carbonyl (C=O) groups excluding carboxylic acids is 2. The summed E-state index contributed by atoms with van der Waals surface area (Å²) in [6.45, 7) is 4.83. The molecule has 1 unspecified atom stereocenters. The van der Waals surface area contributed by atoms with Crippen molar-refractivity contribution in [2.75, 3.05) is 19.7 Å². The Balaban J connectivity index is 1.53. The number of carbonyl (C=O) groups is 2. The van der Waals surface area contributed by atoms with Crippen molar-refractivity contribution >= 4 is 17.8 Å². The Kier molecular flexibility index (Phi) is 7.18. The van der Waals surface area contributed by atoms with E-state index in [1.807, 2.05) is 12.1 Å². The number of guanidine groups is 1. The van der Waals surface area contributed by atoms with Crippen LogP contribution < -0.4 is 20.1 Å². The predicted octanol–water partition coefficient (Wildman–Crippen LogP) is 2.43. The first kappa shape index (κ1) is 21.9. The minimum atomic E-state index is -0.736. The van der Waals surface area contributed by atoms with E-state index in [9.17, 15) is 9.59 Å². The highest BCUT2D eigenvalue weighted by Gasteiger charge is 2.48. The van der Waals surface area contributed by atoms with Gasteiger partial charge in [-0.05, 0) is 25.0 Å². The molecule has 1 atom stereocenters. The number of ether oxygens (including phenoxy) is 2. The fourth-order valence-electron chi connectivity index (χ4n) is 3.90. The van der Waals surface area contributed by atoms with Crippen LogP contribution in [0.4, 0.5) is 0 Å².